The summed E-state index contributed by atoms with van der Waals surface area (Å²) in [6.07, 6.45) is -2.07. The van der Waals surface area contributed by atoms with Gasteiger partial charge < -0.3 is 14.4 Å². The summed E-state index contributed by atoms with van der Waals surface area (Å²) >= 11 is 0. The van der Waals surface area contributed by atoms with E-state index in [2.05, 4.69) is 4.72 Å². The molecule has 3 fully saturated rings. The van der Waals surface area contributed by atoms with Crippen LogP contribution >= 0.6 is 0 Å². The number of fused-ring (bicyclic) bond motifs is 3. The standard InChI is InChI=1S/C42H50F4N2O9S/c1-25-9-5-8-12-30-21-41(30,38(53)47-58(54,55)40(24-43)15-16-40)22-34(49)33-19-31(56-37(52)29-14-13-27-10-6-7-11-28(27)18-29)23-48(33)36(51)32(26(2)17-25)20-35(50)57-39(3,4)42(44,45)46/h6-8,10-14,18,25-26,30-33H,5,9,15-17,19-24H2,1-4H3,(H,47,53)/b12-8-/t25-,26-,30-,31-,32+,33+,41-/m1/s1. The normalized spacial score (nSPS) is 29.6. The van der Waals surface area contributed by atoms with Gasteiger partial charge in [-0.25, -0.2) is 17.6 Å². The number of alkyl halides is 4. The van der Waals surface area contributed by atoms with Gasteiger partial charge in [-0.2, -0.15) is 13.2 Å². The molecule has 0 aromatic heterocycles. The number of nitrogens with zero attached hydrogens (tertiary/aromatic N) is 1. The van der Waals surface area contributed by atoms with Gasteiger partial charge in [0.05, 0.1) is 35.9 Å². The number of amides is 2. The molecule has 7 atom stereocenters. The molecule has 1 saturated heterocycles. The molecule has 2 saturated carbocycles. The minimum Gasteiger partial charge on any atom is -0.457 e. The van der Waals surface area contributed by atoms with Crippen molar-refractivity contribution in [3.8, 4) is 0 Å². The quantitative estimate of drug-likeness (QED) is 0.164. The number of benzene rings is 2. The molecule has 6 rings (SSSR count). The molecule has 2 amide bonds. The molecule has 2 heterocycles. The minimum absolute atomic E-state index is 0.0396. The van der Waals surface area contributed by atoms with Crippen LogP contribution in [0.1, 0.15) is 95.8 Å². The van der Waals surface area contributed by atoms with Gasteiger partial charge in [0.2, 0.25) is 27.4 Å². The summed E-state index contributed by atoms with van der Waals surface area (Å²) in [5.41, 5.74) is -4.17. The zero-order chi connectivity index (χ0) is 42.4. The number of allylic oxidation sites excluding steroid dienone is 2. The fourth-order valence-electron chi connectivity index (χ4n) is 8.34. The van der Waals surface area contributed by atoms with E-state index in [0.717, 1.165) is 10.8 Å². The highest BCUT2D eigenvalue weighted by Gasteiger charge is 2.63. The summed E-state index contributed by atoms with van der Waals surface area (Å²) in [5, 5.41) is 1.65. The number of nitrogens with one attached hydrogen (secondary N) is 1. The van der Waals surface area contributed by atoms with E-state index in [1.807, 2.05) is 37.3 Å². The van der Waals surface area contributed by atoms with Crippen LogP contribution in [0.15, 0.2) is 54.6 Å². The summed E-state index contributed by atoms with van der Waals surface area (Å²) in [7, 11) is -4.43. The van der Waals surface area contributed by atoms with Gasteiger partial charge in [0.1, 0.15) is 17.5 Å². The maximum atomic E-state index is 14.7. The van der Waals surface area contributed by atoms with E-state index in [1.54, 1.807) is 31.2 Å². The first-order valence-electron chi connectivity index (χ1n) is 19.7. The van der Waals surface area contributed by atoms with Gasteiger partial charge in [0.25, 0.3) is 0 Å². The number of sulfonamides is 1. The zero-order valence-electron chi connectivity index (χ0n) is 33.0. The Balaban J connectivity index is 1.32. The second-order valence-corrected chi connectivity index (χ2v) is 19.4. The van der Waals surface area contributed by atoms with E-state index in [-0.39, 0.29) is 43.7 Å². The first-order valence-corrected chi connectivity index (χ1v) is 21.2. The highest BCUT2D eigenvalue weighted by atomic mass is 32.2. The summed E-state index contributed by atoms with van der Waals surface area (Å²) in [4.78, 5) is 71.0. The lowest BCUT2D eigenvalue weighted by molar-refractivity contribution is -0.257. The van der Waals surface area contributed by atoms with Gasteiger partial charge >= 0.3 is 18.1 Å². The molecule has 2 aromatic carbocycles. The van der Waals surface area contributed by atoms with Crippen LogP contribution < -0.4 is 4.72 Å². The molecule has 0 bridgehead atoms. The highest BCUT2D eigenvalue weighted by molar-refractivity contribution is 7.91. The van der Waals surface area contributed by atoms with Crippen molar-refractivity contribution in [1.29, 1.82) is 0 Å². The molecule has 1 N–H and O–H groups in total. The second-order valence-electron chi connectivity index (χ2n) is 17.3. The Hall–Kier alpha value is -4.34. The monoisotopic (exact) mass is 834 g/mol. The van der Waals surface area contributed by atoms with E-state index in [1.165, 1.54) is 4.90 Å². The third kappa shape index (κ3) is 8.81. The predicted octanol–water partition coefficient (Wildman–Crippen LogP) is 6.78. The third-order valence-corrected chi connectivity index (χ3v) is 14.6. The number of carbonyl (C=O) groups excluding carboxylic acids is 5. The van der Waals surface area contributed by atoms with Crippen molar-refractivity contribution in [3.05, 3.63) is 60.2 Å². The van der Waals surface area contributed by atoms with E-state index in [0.29, 0.717) is 33.1 Å². The summed E-state index contributed by atoms with van der Waals surface area (Å²) in [6, 6.07) is 11.0. The molecule has 58 heavy (non-hydrogen) atoms. The Morgan fingerprint density at radius 2 is 1.69 bits per heavy atom. The summed E-state index contributed by atoms with van der Waals surface area (Å²) < 4.78 is 92.4. The Labute approximate surface area is 335 Å². The van der Waals surface area contributed by atoms with Crippen LogP contribution in [0, 0.1) is 29.1 Å². The van der Waals surface area contributed by atoms with E-state index >= 15 is 0 Å². The van der Waals surface area contributed by atoms with Gasteiger partial charge in [-0.05, 0) is 93.0 Å². The molecule has 0 unspecified atom stereocenters. The average Bonchev–Trinajstić information content (AvgIpc) is 4.05. The molecule has 11 nitrogen and oxygen atoms in total. The van der Waals surface area contributed by atoms with Gasteiger partial charge in [0.15, 0.2) is 5.78 Å². The fraction of sp³-hybridized carbons (Fsp3) is 0.595. The van der Waals surface area contributed by atoms with Crippen molar-refractivity contribution >= 4 is 50.3 Å². The number of ketones is 1. The number of rotatable bonds is 9. The van der Waals surface area contributed by atoms with Crippen LogP contribution in [0.25, 0.3) is 10.8 Å². The lowest BCUT2D eigenvalue weighted by atomic mass is 9.82. The first kappa shape index (κ1) is 43.2. The summed E-state index contributed by atoms with van der Waals surface area (Å²) in [5.74, 6) is -6.71. The molecule has 2 aromatic rings. The first-order chi connectivity index (χ1) is 27.1. The maximum absolute atomic E-state index is 14.7. The number of halogens is 4. The SMILES string of the molecule is C[C@@H]1CC/C=C\[C@@H]2C[C@@]2(C(=O)NS(=O)(=O)C2(CF)CC2)CC(=O)[C@@H]2C[C@@H](OC(=O)c3ccc4ccccc4c3)CN2C(=O)[C@@H](CC(=O)OC(C)(C)C(F)(F)F)[C@H](C)C1. The Kier molecular flexibility index (Phi) is 11.9. The Bertz CT molecular complexity index is 2100. The van der Waals surface area contributed by atoms with Crippen LogP contribution in [0.5, 0.6) is 0 Å². The van der Waals surface area contributed by atoms with Crippen LogP contribution in [0.3, 0.4) is 0 Å². The van der Waals surface area contributed by atoms with Crippen molar-refractivity contribution in [2.24, 2.45) is 29.1 Å². The number of carbonyl (C=O) groups is 5. The van der Waals surface area contributed by atoms with E-state index < -0.39 is 111 Å². The number of Topliss-reactive ketones (excluding diaryl/α,β-unsaturated/α-hetero) is 1. The maximum Gasteiger partial charge on any atom is 0.427 e. The molecular weight excluding hydrogens is 785 g/mol. The van der Waals surface area contributed by atoms with E-state index in [4.69, 9.17) is 9.47 Å². The second kappa shape index (κ2) is 16.0. The Morgan fingerprint density at radius 3 is 2.34 bits per heavy atom. The molecule has 2 aliphatic heterocycles. The van der Waals surface area contributed by atoms with Crippen LogP contribution in [-0.2, 0) is 38.7 Å². The number of ether oxygens (including phenoxy) is 2. The van der Waals surface area contributed by atoms with Crippen molar-refractivity contribution in [3.63, 3.8) is 0 Å². The number of hydrogen-bond donors (Lipinski definition) is 1. The lowest BCUT2D eigenvalue weighted by Crippen LogP contribution is -2.49. The highest BCUT2D eigenvalue weighted by Crippen LogP contribution is 2.58. The average molecular weight is 835 g/mol. The fourth-order valence-corrected chi connectivity index (χ4v) is 9.79. The van der Waals surface area contributed by atoms with Crippen molar-refractivity contribution in [2.75, 3.05) is 13.2 Å². The smallest absolute Gasteiger partial charge is 0.427 e. The summed E-state index contributed by atoms with van der Waals surface area (Å²) in [6.45, 7) is 3.57. The number of esters is 2. The molecular formula is C42H50F4N2O9S. The van der Waals surface area contributed by atoms with Crippen molar-refractivity contribution in [1.82, 2.24) is 9.62 Å². The number of hydrogen-bond acceptors (Lipinski definition) is 9. The van der Waals surface area contributed by atoms with Crippen LogP contribution in [0.4, 0.5) is 17.6 Å². The lowest BCUT2D eigenvalue weighted by Gasteiger charge is -2.33. The van der Waals surface area contributed by atoms with E-state index in [9.17, 15) is 50.0 Å². The molecule has 0 radical (unpaired) electrons. The third-order valence-electron chi connectivity index (χ3n) is 12.5. The Morgan fingerprint density at radius 1 is 1.00 bits per heavy atom. The molecule has 2 aliphatic carbocycles. The van der Waals surface area contributed by atoms with Gasteiger partial charge in [0, 0.05) is 12.8 Å². The molecule has 316 valence electrons. The predicted molar refractivity (Wildman–Crippen MR) is 204 cm³/mol. The van der Waals surface area contributed by atoms with Gasteiger partial charge in [-0.15, -0.1) is 0 Å². The van der Waals surface area contributed by atoms with Gasteiger partial charge in [-0.3, -0.25) is 23.9 Å². The minimum atomic E-state index is -4.90. The van der Waals surface area contributed by atoms with Crippen LogP contribution in [0.2, 0.25) is 0 Å². The van der Waals surface area contributed by atoms with Gasteiger partial charge in [-0.1, -0.05) is 56.3 Å². The van der Waals surface area contributed by atoms with Crippen molar-refractivity contribution < 1.29 is 59.4 Å². The molecule has 16 heteroatoms. The van der Waals surface area contributed by atoms with Crippen molar-refractivity contribution in [2.45, 2.75) is 114 Å². The largest absolute Gasteiger partial charge is 0.457 e. The molecule has 4 aliphatic rings. The zero-order valence-corrected chi connectivity index (χ0v) is 33.8. The van der Waals surface area contributed by atoms with Crippen LogP contribution in [-0.4, -0.2) is 84.7 Å². The topological polar surface area (TPSA) is 153 Å². The molecule has 0 spiro atoms.